The molecule has 4 heteroatoms. The number of rotatable bonds is 2. The molecule has 112 valence electrons. The molecule has 1 aromatic rings. The van der Waals surface area contributed by atoms with E-state index >= 15 is 0 Å². The van der Waals surface area contributed by atoms with Gasteiger partial charge >= 0.3 is 0 Å². The number of nitrogens with one attached hydrogen (secondary N) is 1. The molecule has 21 heavy (non-hydrogen) atoms. The molecule has 4 saturated carbocycles. The Morgan fingerprint density at radius 1 is 1.24 bits per heavy atom. The highest BCUT2D eigenvalue weighted by Gasteiger charge is 2.56. The van der Waals surface area contributed by atoms with Crippen molar-refractivity contribution in [2.24, 2.45) is 17.6 Å². The zero-order valence-electron chi connectivity index (χ0n) is 12.1. The summed E-state index contributed by atoms with van der Waals surface area (Å²) in [5.41, 5.74) is 7.08. The molecule has 0 aromatic heterocycles. The first-order chi connectivity index (χ1) is 9.95. The van der Waals surface area contributed by atoms with Crippen LogP contribution in [0.15, 0.2) is 24.3 Å². The second kappa shape index (κ2) is 4.47. The molecule has 4 fully saturated rings. The minimum atomic E-state index is -0.0851. The Balaban J connectivity index is 1.58. The molecule has 0 saturated heterocycles. The average Bonchev–Trinajstić information content (AvgIpc) is 2.34. The topological polar surface area (TPSA) is 55.1 Å². The zero-order valence-corrected chi connectivity index (χ0v) is 12.8. The van der Waals surface area contributed by atoms with Crippen LogP contribution in [0.25, 0.3) is 0 Å². The number of nitrogens with two attached hydrogens (primary N) is 1. The molecule has 1 aromatic carbocycles. The number of hydrogen-bond donors (Lipinski definition) is 2. The normalized spacial score (nSPS) is 40.3. The van der Waals surface area contributed by atoms with Crippen LogP contribution in [0.1, 0.15) is 48.9 Å². The Morgan fingerprint density at radius 2 is 1.95 bits per heavy atom. The van der Waals surface area contributed by atoms with Crippen LogP contribution in [0.2, 0.25) is 5.02 Å². The van der Waals surface area contributed by atoms with Gasteiger partial charge in [-0.15, -0.1) is 0 Å². The third-order valence-corrected chi connectivity index (χ3v) is 5.81. The predicted octanol–water partition coefficient (Wildman–Crippen LogP) is 3.12. The van der Waals surface area contributed by atoms with Gasteiger partial charge in [0.2, 0.25) is 0 Å². The van der Waals surface area contributed by atoms with Gasteiger partial charge in [0.1, 0.15) is 0 Å². The molecular formula is C17H21ClN2O. The molecule has 3 nitrogen and oxygen atoms in total. The first kappa shape index (κ1) is 13.6. The molecular weight excluding hydrogens is 284 g/mol. The molecule has 4 bridgehead atoms. The summed E-state index contributed by atoms with van der Waals surface area (Å²) in [5.74, 6) is 1.37. The van der Waals surface area contributed by atoms with Crippen molar-refractivity contribution >= 4 is 17.5 Å². The molecule has 2 atom stereocenters. The minimum Gasteiger partial charge on any atom is -0.347 e. The number of halogens is 1. The summed E-state index contributed by atoms with van der Waals surface area (Å²) in [4.78, 5) is 12.6. The van der Waals surface area contributed by atoms with Crippen LogP contribution in [0.4, 0.5) is 0 Å². The Morgan fingerprint density at radius 3 is 2.57 bits per heavy atom. The van der Waals surface area contributed by atoms with Crippen LogP contribution < -0.4 is 11.1 Å². The lowest BCUT2D eigenvalue weighted by Crippen LogP contribution is -2.68. The summed E-state index contributed by atoms with van der Waals surface area (Å²) in [7, 11) is 0. The Kier molecular flexibility index (Phi) is 2.89. The van der Waals surface area contributed by atoms with Gasteiger partial charge in [-0.25, -0.2) is 0 Å². The first-order valence-corrected chi connectivity index (χ1v) is 8.20. The summed E-state index contributed by atoms with van der Waals surface area (Å²) < 4.78 is 0. The van der Waals surface area contributed by atoms with Gasteiger partial charge in [-0.05, 0) is 68.6 Å². The summed E-state index contributed by atoms with van der Waals surface area (Å²) in [6.07, 6.45) is 6.69. The van der Waals surface area contributed by atoms with E-state index in [0.717, 1.165) is 32.1 Å². The van der Waals surface area contributed by atoms with Crippen LogP contribution in [0, 0.1) is 11.8 Å². The maximum absolute atomic E-state index is 12.6. The monoisotopic (exact) mass is 304 g/mol. The van der Waals surface area contributed by atoms with Crippen molar-refractivity contribution < 1.29 is 4.79 Å². The van der Waals surface area contributed by atoms with Gasteiger partial charge < -0.3 is 11.1 Å². The Bertz CT molecular complexity index is 586. The van der Waals surface area contributed by atoms with E-state index in [4.69, 9.17) is 17.3 Å². The quantitative estimate of drug-likeness (QED) is 0.882. The Labute approximate surface area is 130 Å². The van der Waals surface area contributed by atoms with Gasteiger partial charge in [-0.2, -0.15) is 0 Å². The number of benzene rings is 1. The molecule has 0 aliphatic heterocycles. The Hall–Kier alpha value is -1.06. The molecule has 2 unspecified atom stereocenters. The maximum Gasteiger partial charge on any atom is 0.251 e. The van der Waals surface area contributed by atoms with Crippen molar-refractivity contribution in [3.63, 3.8) is 0 Å². The van der Waals surface area contributed by atoms with Crippen molar-refractivity contribution in [1.29, 1.82) is 0 Å². The molecule has 5 rings (SSSR count). The van der Waals surface area contributed by atoms with E-state index in [9.17, 15) is 4.79 Å². The first-order valence-electron chi connectivity index (χ1n) is 7.82. The number of carbonyl (C=O) groups is 1. The van der Waals surface area contributed by atoms with Crippen LogP contribution in [-0.2, 0) is 0 Å². The second-order valence-electron chi connectivity index (χ2n) is 7.57. The van der Waals surface area contributed by atoms with Crippen LogP contribution in [0.5, 0.6) is 0 Å². The second-order valence-corrected chi connectivity index (χ2v) is 8.00. The summed E-state index contributed by atoms with van der Waals surface area (Å²) in [5, 5.41) is 3.92. The van der Waals surface area contributed by atoms with E-state index < -0.39 is 0 Å². The smallest absolute Gasteiger partial charge is 0.251 e. The third-order valence-electron chi connectivity index (χ3n) is 5.57. The number of hydrogen-bond acceptors (Lipinski definition) is 2. The van der Waals surface area contributed by atoms with Gasteiger partial charge in [0.25, 0.3) is 5.91 Å². The standard InChI is InChI=1S/C17H21ClN2O/c18-14-3-1-2-13(5-14)15(21)20-17-8-11-4-12(9-17)7-16(19,6-11)10-17/h1-3,5,11-12H,4,6-10,19H2,(H,20,21). The van der Waals surface area contributed by atoms with E-state index in [1.165, 1.54) is 6.42 Å². The molecule has 0 radical (unpaired) electrons. The third kappa shape index (κ3) is 2.36. The largest absolute Gasteiger partial charge is 0.347 e. The average molecular weight is 305 g/mol. The van der Waals surface area contributed by atoms with Crippen LogP contribution in [0.3, 0.4) is 0 Å². The van der Waals surface area contributed by atoms with Gasteiger partial charge in [-0.1, -0.05) is 17.7 Å². The molecule has 4 aliphatic rings. The number of carbonyl (C=O) groups excluding carboxylic acids is 1. The highest BCUT2D eigenvalue weighted by Crippen LogP contribution is 2.56. The fraction of sp³-hybridized carbons (Fsp3) is 0.588. The van der Waals surface area contributed by atoms with Gasteiger partial charge in [0.05, 0.1) is 0 Å². The van der Waals surface area contributed by atoms with E-state index in [0.29, 0.717) is 22.4 Å². The molecule has 0 heterocycles. The lowest BCUT2D eigenvalue weighted by atomic mass is 9.50. The van der Waals surface area contributed by atoms with E-state index in [-0.39, 0.29) is 17.0 Å². The minimum absolute atomic E-state index is 0.0111. The van der Waals surface area contributed by atoms with Crippen molar-refractivity contribution in [2.45, 2.75) is 49.6 Å². The van der Waals surface area contributed by atoms with Gasteiger partial charge in [0, 0.05) is 21.7 Å². The predicted molar refractivity (Wildman–Crippen MR) is 83.2 cm³/mol. The molecule has 4 aliphatic carbocycles. The zero-order chi connectivity index (χ0) is 14.7. The highest BCUT2D eigenvalue weighted by molar-refractivity contribution is 6.30. The fourth-order valence-corrected chi connectivity index (χ4v) is 5.61. The van der Waals surface area contributed by atoms with Crippen molar-refractivity contribution in [3.05, 3.63) is 34.9 Å². The van der Waals surface area contributed by atoms with Crippen molar-refractivity contribution in [2.75, 3.05) is 0 Å². The number of amides is 1. The van der Waals surface area contributed by atoms with E-state index in [1.807, 2.05) is 12.1 Å². The lowest BCUT2D eigenvalue weighted by molar-refractivity contribution is -0.0320. The van der Waals surface area contributed by atoms with Gasteiger partial charge in [0.15, 0.2) is 0 Å². The van der Waals surface area contributed by atoms with Gasteiger partial charge in [-0.3, -0.25) is 4.79 Å². The van der Waals surface area contributed by atoms with Crippen molar-refractivity contribution in [3.8, 4) is 0 Å². The fourth-order valence-electron chi connectivity index (χ4n) is 5.42. The van der Waals surface area contributed by atoms with Crippen LogP contribution in [-0.4, -0.2) is 17.0 Å². The SMILES string of the molecule is NC12CC3CC(C1)CC(NC(=O)c1cccc(Cl)c1)(C3)C2. The summed E-state index contributed by atoms with van der Waals surface area (Å²) in [6, 6.07) is 7.16. The molecule has 0 spiro atoms. The summed E-state index contributed by atoms with van der Waals surface area (Å²) >= 11 is 5.99. The van der Waals surface area contributed by atoms with Crippen molar-refractivity contribution in [1.82, 2.24) is 5.32 Å². The van der Waals surface area contributed by atoms with E-state index in [2.05, 4.69) is 5.32 Å². The molecule has 1 amide bonds. The maximum atomic E-state index is 12.6. The summed E-state index contributed by atoms with van der Waals surface area (Å²) in [6.45, 7) is 0. The van der Waals surface area contributed by atoms with Crippen LogP contribution >= 0.6 is 11.6 Å². The van der Waals surface area contributed by atoms with E-state index in [1.54, 1.807) is 12.1 Å². The highest BCUT2D eigenvalue weighted by atomic mass is 35.5. The lowest BCUT2D eigenvalue weighted by Gasteiger charge is -2.61. The molecule has 3 N–H and O–H groups in total.